The molecule has 1 amide bonds. The van der Waals surface area contributed by atoms with Crippen LogP contribution in [0.15, 0.2) is 41.5 Å². The third-order valence-corrected chi connectivity index (χ3v) is 6.61. The molecule has 0 bridgehead atoms. The molecule has 1 aromatic carbocycles. The molecule has 0 saturated carbocycles. The molecule has 1 aliphatic rings. The van der Waals surface area contributed by atoms with Crippen molar-refractivity contribution in [2.75, 3.05) is 18.0 Å². The van der Waals surface area contributed by atoms with Crippen LogP contribution in [0, 0.1) is 5.82 Å². The van der Waals surface area contributed by atoms with E-state index in [1.807, 2.05) is 4.90 Å². The van der Waals surface area contributed by atoms with Crippen LogP contribution in [0.1, 0.15) is 18.4 Å². The number of carboxylic acid groups (broad SMARTS) is 1. The van der Waals surface area contributed by atoms with Crippen LogP contribution in [0.2, 0.25) is 5.02 Å². The highest BCUT2D eigenvalue weighted by Gasteiger charge is 2.28. The van der Waals surface area contributed by atoms with E-state index >= 15 is 0 Å². The number of nitrogens with one attached hydrogen (secondary N) is 1. The molecular formula is C23H22ClFN6O3. The van der Waals surface area contributed by atoms with Crippen molar-refractivity contribution < 1.29 is 14.3 Å². The summed E-state index contributed by atoms with van der Waals surface area (Å²) in [6, 6.07) is 5.58. The van der Waals surface area contributed by atoms with E-state index in [0.717, 1.165) is 6.42 Å². The molecule has 1 aliphatic heterocycles. The van der Waals surface area contributed by atoms with E-state index in [1.54, 1.807) is 34.6 Å². The summed E-state index contributed by atoms with van der Waals surface area (Å²) in [6.45, 7) is 1.15. The number of hydrogen-bond donors (Lipinski definition) is 2. The van der Waals surface area contributed by atoms with Crippen LogP contribution in [0.3, 0.4) is 0 Å². The molecule has 9 nitrogen and oxygen atoms in total. The number of hydrogen-bond acceptors (Lipinski definition) is 5. The number of nitrogens with zero attached hydrogens (tertiary/aromatic N) is 5. The van der Waals surface area contributed by atoms with E-state index in [-0.39, 0.29) is 18.1 Å². The van der Waals surface area contributed by atoms with Gasteiger partial charge in [-0.05, 0) is 42.7 Å². The predicted molar refractivity (Wildman–Crippen MR) is 127 cm³/mol. The third kappa shape index (κ3) is 3.83. The van der Waals surface area contributed by atoms with Crippen molar-refractivity contribution in [2.24, 2.45) is 7.05 Å². The highest BCUT2D eigenvalue weighted by Crippen LogP contribution is 2.30. The number of benzene rings is 1. The van der Waals surface area contributed by atoms with Gasteiger partial charge in [-0.25, -0.2) is 14.2 Å². The number of pyridine rings is 2. The molecule has 1 fully saturated rings. The molecule has 1 saturated heterocycles. The number of carbonyl (C=O) groups is 1. The zero-order valence-electron chi connectivity index (χ0n) is 18.3. The van der Waals surface area contributed by atoms with E-state index in [0.29, 0.717) is 58.0 Å². The molecule has 0 aliphatic carbocycles. The fourth-order valence-electron chi connectivity index (χ4n) is 4.65. The van der Waals surface area contributed by atoms with E-state index < -0.39 is 11.9 Å². The largest absolute Gasteiger partial charge is 0.465 e. The number of rotatable bonds is 4. The summed E-state index contributed by atoms with van der Waals surface area (Å²) in [7, 11) is 1.68. The van der Waals surface area contributed by atoms with Gasteiger partial charge < -0.3 is 24.5 Å². The Morgan fingerprint density at radius 2 is 2.18 bits per heavy atom. The molecule has 176 valence electrons. The first-order chi connectivity index (χ1) is 16.3. The summed E-state index contributed by atoms with van der Waals surface area (Å²) in [5.74, 6) is 0.0669. The van der Waals surface area contributed by atoms with E-state index in [2.05, 4.69) is 10.3 Å². The highest BCUT2D eigenvalue weighted by molar-refractivity contribution is 6.31. The van der Waals surface area contributed by atoms with E-state index in [4.69, 9.17) is 16.6 Å². The maximum atomic E-state index is 14.0. The molecule has 4 heterocycles. The Kier molecular flexibility index (Phi) is 5.60. The topological polar surface area (TPSA) is 105 Å². The molecule has 0 spiro atoms. The van der Waals surface area contributed by atoms with Crippen LogP contribution in [-0.4, -0.2) is 49.4 Å². The van der Waals surface area contributed by atoms with Gasteiger partial charge in [-0.2, -0.15) is 0 Å². The lowest BCUT2D eigenvalue weighted by atomic mass is 10.1. The molecule has 34 heavy (non-hydrogen) atoms. The van der Waals surface area contributed by atoms with Crippen molar-refractivity contribution >= 4 is 45.6 Å². The summed E-state index contributed by atoms with van der Waals surface area (Å²) in [6.07, 6.45) is 3.64. The Hall–Kier alpha value is -3.66. The molecule has 0 radical (unpaired) electrons. The standard InChI is InChI=1S/C23H22ClFN6O3/c1-29-18-6-7-26-10-16(18)19-20(21(29)32)31(11-13-9-14(25)4-5-17(13)24)22(28-19)30-8-2-3-15(12-30)27-23(33)34/h4-7,9-10,15,27H,2-3,8,11-12H2,1H3,(H,33,34)/t15-/m1/s1. The number of fused-ring (bicyclic) bond motifs is 3. The normalized spacial score (nSPS) is 16.3. The van der Waals surface area contributed by atoms with Crippen molar-refractivity contribution in [3.63, 3.8) is 0 Å². The van der Waals surface area contributed by atoms with Crippen LogP contribution in [-0.2, 0) is 13.6 Å². The first-order valence-electron chi connectivity index (χ1n) is 10.8. The number of aromatic nitrogens is 4. The van der Waals surface area contributed by atoms with Gasteiger partial charge in [0.2, 0.25) is 5.95 Å². The lowest BCUT2D eigenvalue weighted by molar-refractivity contribution is 0.188. The number of aryl methyl sites for hydroxylation is 1. The summed E-state index contributed by atoms with van der Waals surface area (Å²) in [5, 5.41) is 12.8. The lowest BCUT2D eigenvalue weighted by Crippen LogP contribution is -2.48. The zero-order valence-corrected chi connectivity index (χ0v) is 19.1. The second-order valence-electron chi connectivity index (χ2n) is 8.42. The maximum Gasteiger partial charge on any atom is 0.404 e. The minimum atomic E-state index is -1.09. The summed E-state index contributed by atoms with van der Waals surface area (Å²) >= 11 is 6.37. The number of piperidine rings is 1. The van der Waals surface area contributed by atoms with Gasteiger partial charge in [0.05, 0.1) is 12.1 Å². The van der Waals surface area contributed by atoms with Gasteiger partial charge in [0.25, 0.3) is 5.56 Å². The fraction of sp³-hybridized carbons (Fsp3) is 0.304. The number of anilines is 1. The molecule has 4 aromatic rings. The Morgan fingerprint density at radius 1 is 1.35 bits per heavy atom. The molecule has 1 atom stereocenters. The van der Waals surface area contributed by atoms with Gasteiger partial charge in [0, 0.05) is 49.0 Å². The first kappa shape index (κ1) is 22.1. The van der Waals surface area contributed by atoms with Crippen LogP contribution >= 0.6 is 11.6 Å². The summed E-state index contributed by atoms with van der Waals surface area (Å²) in [4.78, 5) is 35.7. The quantitative estimate of drug-likeness (QED) is 0.460. The van der Waals surface area contributed by atoms with Crippen molar-refractivity contribution in [2.45, 2.75) is 25.4 Å². The van der Waals surface area contributed by atoms with Gasteiger partial charge in [-0.3, -0.25) is 9.78 Å². The Morgan fingerprint density at radius 3 is 2.97 bits per heavy atom. The second kappa shape index (κ2) is 8.60. The highest BCUT2D eigenvalue weighted by atomic mass is 35.5. The predicted octanol–water partition coefficient (Wildman–Crippen LogP) is 3.36. The second-order valence-corrected chi connectivity index (χ2v) is 8.83. The maximum absolute atomic E-state index is 14.0. The first-order valence-corrected chi connectivity index (χ1v) is 11.2. The van der Waals surface area contributed by atoms with Crippen LogP contribution < -0.4 is 15.8 Å². The Balaban J connectivity index is 1.73. The molecule has 11 heteroatoms. The number of amides is 1. The van der Waals surface area contributed by atoms with Gasteiger partial charge in [0.1, 0.15) is 16.9 Å². The summed E-state index contributed by atoms with van der Waals surface area (Å²) < 4.78 is 17.3. The lowest BCUT2D eigenvalue weighted by Gasteiger charge is -2.33. The molecule has 2 N–H and O–H groups in total. The van der Waals surface area contributed by atoms with Crippen LogP contribution in [0.5, 0.6) is 0 Å². The van der Waals surface area contributed by atoms with Crippen molar-refractivity contribution in [1.82, 2.24) is 24.4 Å². The molecular weight excluding hydrogens is 463 g/mol. The number of halogens is 2. The Bertz CT molecular complexity index is 1480. The van der Waals surface area contributed by atoms with Crippen LogP contribution in [0.25, 0.3) is 21.9 Å². The number of imidazole rings is 1. The minimum Gasteiger partial charge on any atom is -0.465 e. The smallest absolute Gasteiger partial charge is 0.404 e. The summed E-state index contributed by atoms with van der Waals surface area (Å²) in [5.41, 5.74) is 1.79. The fourth-order valence-corrected chi connectivity index (χ4v) is 4.83. The van der Waals surface area contributed by atoms with Gasteiger partial charge in [-0.15, -0.1) is 0 Å². The zero-order chi connectivity index (χ0) is 24.0. The van der Waals surface area contributed by atoms with Gasteiger partial charge in [-0.1, -0.05) is 11.6 Å². The van der Waals surface area contributed by atoms with Crippen LogP contribution in [0.4, 0.5) is 15.1 Å². The van der Waals surface area contributed by atoms with Gasteiger partial charge >= 0.3 is 6.09 Å². The third-order valence-electron chi connectivity index (χ3n) is 6.24. The van der Waals surface area contributed by atoms with Crippen molar-refractivity contribution in [1.29, 1.82) is 0 Å². The SMILES string of the molecule is Cn1c(=O)c2c(nc(N3CCC[C@@H](NC(=O)O)C3)n2Cc2cc(F)ccc2Cl)c2cnccc21. The van der Waals surface area contributed by atoms with E-state index in [9.17, 15) is 19.1 Å². The molecule has 3 aromatic heterocycles. The average molecular weight is 485 g/mol. The van der Waals surface area contributed by atoms with Crippen molar-refractivity contribution in [3.8, 4) is 0 Å². The Labute approximate surface area is 198 Å². The molecule has 5 rings (SSSR count). The average Bonchev–Trinajstić information content (AvgIpc) is 3.19. The van der Waals surface area contributed by atoms with E-state index in [1.165, 1.54) is 18.2 Å². The minimum absolute atomic E-state index is 0.122. The molecule has 0 unspecified atom stereocenters. The van der Waals surface area contributed by atoms with Gasteiger partial charge in [0.15, 0.2) is 0 Å². The van der Waals surface area contributed by atoms with Crippen molar-refractivity contribution in [3.05, 3.63) is 63.4 Å². The monoisotopic (exact) mass is 484 g/mol.